The van der Waals surface area contributed by atoms with Gasteiger partial charge >= 0.3 is 0 Å². The SMILES string of the molecule is CCCn1cncc1COc1ccc(Br)cc1[C@@H](C)O. The van der Waals surface area contributed by atoms with Crippen molar-refractivity contribution in [1.82, 2.24) is 9.55 Å². The second kappa shape index (κ2) is 6.90. The summed E-state index contributed by atoms with van der Waals surface area (Å²) in [6.07, 6.45) is 4.12. The van der Waals surface area contributed by atoms with Crippen LogP contribution >= 0.6 is 15.9 Å². The molecule has 2 aromatic rings. The topological polar surface area (TPSA) is 47.3 Å². The van der Waals surface area contributed by atoms with Crippen molar-refractivity contribution >= 4 is 15.9 Å². The summed E-state index contributed by atoms with van der Waals surface area (Å²) >= 11 is 3.41. The molecule has 1 aromatic heterocycles. The van der Waals surface area contributed by atoms with E-state index in [1.165, 1.54) is 0 Å². The number of aryl methyl sites for hydroxylation is 1. The average Bonchev–Trinajstić information content (AvgIpc) is 2.85. The molecule has 0 saturated carbocycles. The molecular weight excluding hydrogens is 320 g/mol. The summed E-state index contributed by atoms with van der Waals surface area (Å²) in [6, 6.07) is 5.65. The Labute approximate surface area is 127 Å². The smallest absolute Gasteiger partial charge is 0.130 e. The summed E-state index contributed by atoms with van der Waals surface area (Å²) in [7, 11) is 0. The van der Waals surface area contributed by atoms with Crippen LogP contribution < -0.4 is 4.74 Å². The molecule has 1 aromatic carbocycles. The van der Waals surface area contributed by atoms with Gasteiger partial charge in [0.15, 0.2) is 0 Å². The summed E-state index contributed by atoms with van der Waals surface area (Å²) in [4.78, 5) is 4.15. The van der Waals surface area contributed by atoms with Gasteiger partial charge in [-0.2, -0.15) is 0 Å². The third-order valence-electron chi connectivity index (χ3n) is 3.06. The molecule has 0 saturated heterocycles. The van der Waals surface area contributed by atoms with Crippen LogP contribution in [0, 0.1) is 0 Å². The van der Waals surface area contributed by atoms with Crippen molar-refractivity contribution in [2.75, 3.05) is 0 Å². The Bertz CT molecular complexity index is 567. The number of hydrogen-bond donors (Lipinski definition) is 1. The van der Waals surface area contributed by atoms with Gasteiger partial charge in [-0.3, -0.25) is 0 Å². The largest absolute Gasteiger partial charge is 0.487 e. The maximum absolute atomic E-state index is 9.81. The maximum atomic E-state index is 9.81. The van der Waals surface area contributed by atoms with Gasteiger partial charge in [0.2, 0.25) is 0 Å². The molecule has 0 unspecified atom stereocenters. The Morgan fingerprint density at radius 1 is 1.45 bits per heavy atom. The molecule has 0 aliphatic rings. The predicted octanol–water partition coefficient (Wildman–Crippen LogP) is 3.69. The molecule has 0 spiro atoms. The van der Waals surface area contributed by atoms with Crippen LogP contribution in [0.5, 0.6) is 5.75 Å². The molecule has 4 nitrogen and oxygen atoms in total. The van der Waals surface area contributed by atoms with Crippen molar-refractivity contribution in [1.29, 1.82) is 0 Å². The van der Waals surface area contributed by atoms with E-state index in [1.54, 1.807) is 6.92 Å². The number of imidazole rings is 1. The lowest BCUT2D eigenvalue weighted by Crippen LogP contribution is -2.06. The van der Waals surface area contributed by atoms with Gasteiger partial charge in [0.25, 0.3) is 0 Å². The minimum absolute atomic E-state index is 0.446. The van der Waals surface area contributed by atoms with Crippen LogP contribution in [0.15, 0.2) is 35.2 Å². The molecule has 0 amide bonds. The number of rotatable bonds is 6. The van der Waals surface area contributed by atoms with Crippen LogP contribution in [0.4, 0.5) is 0 Å². The highest BCUT2D eigenvalue weighted by atomic mass is 79.9. The van der Waals surface area contributed by atoms with Crippen LogP contribution in [0.2, 0.25) is 0 Å². The second-order valence-corrected chi connectivity index (χ2v) is 5.64. The highest BCUT2D eigenvalue weighted by Gasteiger charge is 2.11. The predicted molar refractivity (Wildman–Crippen MR) is 81.6 cm³/mol. The fourth-order valence-corrected chi connectivity index (χ4v) is 2.42. The van der Waals surface area contributed by atoms with Crippen molar-refractivity contribution in [2.45, 2.75) is 39.5 Å². The maximum Gasteiger partial charge on any atom is 0.130 e. The zero-order chi connectivity index (χ0) is 14.5. The molecule has 1 atom stereocenters. The summed E-state index contributed by atoms with van der Waals surface area (Å²) < 4.78 is 8.85. The number of aliphatic hydroxyl groups is 1. The molecular formula is C15H19BrN2O2. The number of benzene rings is 1. The molecule has 20 heavy (non-hydrogen) atoms. The van der Waals surface area contributed by atoms with E-state index in [2.05, 4.69) is 32.4 Å². The zero-order valence-electron chi connectivity index (χ0n) is 11.7. The number of hydrogen-bond acceptors (Lipinski definition) is 3. The second-order valence-electron chi connectivity index (χ2n) is 4.73. The van der Waals surface area contributed by atoms with Gasteiger partial charge in [0.1, 0.15) is 12.4 Å². The molecule has 2 rings (SSSR count). The lowest BCUT2D eigenvalue weighted by molar-refractivity contribution is 0.189. The van der Waals surface area contributed by atoms with Crippen molar-refractivity contribution in [3.8, 4) is 5.75 Å². The standard InChI is InChI=1S/C15H19BrN2O2/c1-3-6-18-10-17-8-13(18)9-20-15-5-4-12(16)7-14(15)11(2)19/h4-5,7-8,10-11,19H,3,6,9H2,1-2H3/t11-/m1/s1. The number of nitrogens with zero attached hydrogens (tertiary/aromatic N) is 2. The molecule has 0 radical (unpaired) electrons. The molecule has 1 heterocycles. The third-order valence-corrected chi connectivity index (χ3v) is 3.55. The lowest BCUT2D eigenvalue weighted by atomic mass is 10.1. The number of aromatic nitrogens is 2. The quantitative estimate of drug-likeness (QED) is 0.873. The van der Waals surface area contributed by atoms with Crippen LogP contribution in [-0.4, -0.2) is 14.7 Å². The number of aliphatic hydroxyl groups excluding tert-OH is 1. The van der Waals surface area contributed by atoms with Gasteiger partial charge < -0.3 is 14.4 Å². The van der Waals surface area contributed by atoms with Gasteiger partial charge in [-0.05, 0) is 31.5 Å². The molecule has 0 aliphatic heterocycles. The van der Waals surface area contributed by atoms with Gasteiger partial charge in [-0.25, -0.2) is 4.98 Å². The Kier molecular flexibility index (Phi) is 5.20. The first-order valence-corrected chi connectivity index (χ1v) is 7.50. The monoisotopic (exact) mass is 338 g/mol. The molecule has 108 valence electrons. The fraction of sp³-hybridized carbons (Fsp3) is 0.400. The van der Waals surface area contributed by atoms with Crippen LogP contribution in [-0.2, 0) is 13.2 Å². The number of halogens is 1. The molecule has 5 heteroatoms. The Balaban J connectivity index is 2.12. The third kappa shape index (κ3) is 3.61. The molecule has 0 aliphatic carbocycles. The summed E-state index contributed by atoms with van der Waals surface area (Å²) in [5, 5.41) is 9.81. The van der Waals surface area contributed by atoms with E-state index < -0.39 is 6.10 Å². The van der Waals surface area contributed by atoms with Gasteiger partial charge in [-0.15, -0.1) is 0 Å². The van der Waals surface area contributed by atoms with Gasteiger partial charge in [0.05, 0.1) is 24.3 Å². The average molecular weight is 339 g/mol. The van der Waals surface area contributed by atoms with Crippen LogP contribution in [0.25, 0.3) is 0 Å². The number of ether oxygens (including phenoxy) is 1. The van der Waals surface area contributed by atoms with E-state index in [4.69, 9.17) is 4.74 Å². The highest BCUT2D eigenvalue weighted by molar-refractivity contribution is 9.10. The molecule has 0 fully saturated rings. The first kappa shape index (κ1) is 15.1. The van der Waals surface area contributed by atoms with E-state index in [0.29, 0.717) is 12.4 Å². The fourth-order valence-electron chi connectivity index (χ4n) is 2.04. The van der Waals surface area contributed by atoms with E-state index in [-0.39, 0.29) is 0 Å². The van der Waals surface area contributed by atoms with Gasteiger partial charge in [-0.1, -0.05) is 22.9 Å². The van der Waals surface area contributed by atoms with E-state index >= 15 is 0 Å². The first-order valence-electron chi connectivity index (χ1n) is 6.71. The van der Waals surface area contributed by atoms with Crippen molar-refractivity contribution in [3.63, 3.8) is 0 Å². The van der Waals surface area contributed by atoms with Crippen molar-refractivity contribution < 1.29 is 9.84 Å². The lowest BCUT2D eigenvalue weighted by Gasteiger charge is -2.14. The molecule has 0 bridgehead atoms. The Morgan fingerprint density at radius 2 is 2.25 bits per heavy atom. The minimum Gasteiger partial charge on any atom is -0.487 e. The molecule has 1 N–H and O–H groups in total. The van der Waals surface area contributed by atoms with Gasteiger partial charge in [0, 0.05) is 16.6 Å². The highest BCUT2D eigenvalue weighted by Crippen LogP contribution is 2.29. The summed E-state index contributed by atoms with van der Waals surface area (Å²) in [5.74, 6) is 0.701. The van der Waals surface area contributed by atoms with E-state index in [0.717, 1.165) is 28.7 Å². The minimum atomic E-state index is -0.567. The first-order chi connectivity index (χ1) is 9.61. The van der Waals surface area contributed by atoms with Crippen molar-refractivity contribution in [2.24, 2.45) is 0 Å². The van der Waals surface area contributed by atoms with Crippen molar-refractivity contribution in [3.05, 3.63) is 46.5 Å². The van der Waals surface area contributed by atoms with E-state index in [9.17, 15) is 5.11 Å². The summed E-state index contributed by atoms with van der Waals surface area (Å²) in [6.45, 7) is 5.24. The summed E-state index contributed by atoms with van der Waals surface area (Å²) in [5.41, 5.74) is 1.81. The zero-order valence-corrected chi connectivity index (χ0v) is 13.3. The normalized spacial score (nSPS) is 12.4. The van der Waals surface area contributed by atoms with E-state index in [1.807, 2.05) is 30.7 Å². The Hall–Kier alpha value is -1.33. The van der Waals surface area contributed by atoms with Crippen LogP contribution in [0.1, 0.15) is 37.6 Å². The van der Waals surface area contributed by atoms with Crippen LogP contribution in [0.3, 0.4) is 0 Å². The Morgan fingerprint density at radius 3 is 2.95 bits per heavy atom.